The zero-order chi connectivity index (χ0) is 18.9. The molecular weight excluding hydrogens is 334 g/mol. The molecule has 1 aliphatic heterocycles. The Bertz CT molecular complexity index is 865. The van der Waals surface area contributed by atoms with Gasteiger partial charge in [-0.1, -0.05) is 6.92 Å². The molecule has 0 bridgehead atoms. The first-order chi connectivity index (χ1) is 12.3. The number of carbonyl (C=O) groups excluding carboxylic acids is 1. The lowest BCUT2D eigenvalue weighted by atomic mass is 9.90. The first-order valence-electron chi connectivity index (χ1n) is 8.97. The van der Waals surface area contributed by atoms with Crippen LogP contribution in [0.5, 0.6) is 5.75 Å². The lowest BCUT2D eigenvalue weighted by Crippen LogP contribution is -2.37. The standard InChI is InChI=1S/C20H25NO5/c1-4-13-9-19(23)26-17-10-15(5-6-16(13)17)25-12-18(22)21-8-7-14(11-21)20(2,3)24/h5-6,9-10,14,24H,4,7-8,11-12H2,1-3H3. The Balaban J connectivity index is 1.66. The van der Waals surface area contributed by atoms with Crippen molar-refractivity contribution in [3.05, 3.63) is 40.2 Å². The van der Waals surface area contributed by atoms with Crippen molar-refractivity contribution in [2.75, 3.05) is 19.7 Å². The van der Waals surface area contributed by atoms with Crippen LogP contribution in [0.15, 0.2) is 33.5 Å². The fourth-order valence-electron chi connectivity index (χ4n) is 3.39. The molecule has 1 amide bonds. The molecule has 0 aliphatic carbocycles. The second kappa shape index (κ2) is 7.11. The van der Waals surface area contributed by atoms with Gasteiger partial charge in [0, 0.05) is 36.5 Å². The van der Waals surface area contributed by atoms with Crippen LogP contribution in [0.2, 0.25) is 0 Å². The van der Waals surface area contributed by atoms with Crippen molar-refractivity contribution < 1.29 is 19.1 Å². The minimum absolute atomic E-state index is 0.0776. The Morgan fingerprint density at radius 3 is 2.81 bits per heavy atom. The van der Waals surface area contributed by atoms with Crippen molar-refractivity contribution in [3.8, 4) is 5.75 Å². The van der Waals surface area contributed by atoms with Crippen LogP contribution in [0.1, 0.15) is 32.8 Å². The Morgan fingerprint density at radius 2 is 2.15 bits per heavy atom. The van der Waals surface area contributed by atoms with E-state index >= 15 is 0 Å². The fourth-order valence-corrected chi connectivity index (χ4v) is 3.39. The molecule has 140 valence electrons. The average Bonchev–Trinajstić information content (AvgIpc) is 3.09. The molecule has 26 heavy (non-hydrogen) atoms. The van der Waals surface area contributed by atoms with Gasteiger partial charge >= 0.3 is 5.63 Å². The maximum Gasteiger partial charge on any atom is 0.336 e. The Morgan fingerprint density at radius 1 is 1.38 bits per heavy atom. The predicted octanol–water partition coefficient (Wildman–Crippen LogP) is 2.35. The first-order valence-corrected chi connectivity index (χ1v) is 8.97. The predicted molar refractivity (Wildman–Crippen MR) is 98.3 cm³/mol. The number of hydrogen-bond donors (Lipinski definition) is 1. The van der Waals surface area contributed by atoms with Gasteiger partial charge in [0.25, 0.3) is 5.91 Å². The molecule has 6 nitrogen and oxygen atoms in total. The molecule has 1 aromatic carbocycles. The largest absolute Gasteiger partial charge is 0.484 e. The van der Waals surface area contributed by atoms with Gasteiger partial charge in [-0.25, -0.2) is 4.79 Å². The summed E-state index contributed by atoms with van der Waals surface area (Å²) < 4.78 is 10.9. The number of aryl methyl sites for hydroxylation is 1. The molecule has 2 heterocycles. The van der Waals surface area contributed by atoms with Crippen molar-refractivity contribution in [1.29, 1.82) is 0 Å². The maximum atomic E-state index is 12.4. The number of aliphatic hydroxyl groups is 1. The van der Waals surface area contributed by atoms with E-state index < -0.39 is 11.2 Å². The molecule has 1 unspecified atom stereocenters. The molecule has 6 heteroatoms. The van der Waals surface area contributed by atoms with E-state index in [-0.39, 0.29) is 18.4 Å². The highest BCUT2D eigenvalue weighted by Crippen LogP contribution is 2.27. The highest BCUT2D eigenvalue weighted by molar-refractivity contribution is 5.82. The van der Waals surface area contributed by atoms with E-state index in [0.717, 1.165) is 23.8 Å². The summed E-state index contributed by atoms with van der Waals surface area (Å²) in [5.41, 5.74) is 0.205. The van der Waals surface area contributed by atoms with Gasteiger partial charge in [-0.05, 0) is 44.4 Å². The molecule has 0 radical (unpaired) electrons. The summed E-state index contributed by atoms with van der Waals surface area (Å²) in [6, 6.07) is 6.76. The second-order valence-corrected chi connectivity index (χ2v) is 7.37. The number of benzene rings is 1. The van der Waals surface area contributed by atoms with Gasteiger partial charge in [-0.2, -0.15) is 0 Å². The summed E-state index contributed by atoms with van der Waals surface area (Å²) in [5, 5.41) is 11.0. The van der Waals surface area contributed by atoms with Crippen LogP contribution < -0.4 is 10.4 Å². The zero-order valence-corrected chi connectivity index (χ0v) is 15.4. The van der Waals surface area contributed by atoms with E-state index in [9.17, 15) is 14.7 Å². The number of fused-ring (bicyclic) bond motifs is 1. The first kappa shape index (κ1) is 18.5. The molecule has 0 saturated carbocycles. The van der Waals surface area contributed by atoms with Gasteiger partial charge < -0.3 is 19.2 Å². The van der Waals surface area contributed by atoms with Gasteiger partial charge in [0.2, 0.25) is 0 Å². The molecule has 1 saturated heterocycles. The van der Waals surface area contributed by atoms with Gasteiger partial charge in [-0.3, -0.25) is 4.79 Å². The quantitative estimate of drug-likeness (QED) is 0.829. The Labute approximate surface area is 152 Å². The molecule has 1 aromatic heterocycles. The molecule has 1 atom stereocenters. The number of hydrogen-bond acceptors (Lipinski definition) is 5. The minimum Gasteiger partial charge on any atom is -0.484 e. The lowest BCUT2D eigenvalue weighted by Gasteiger charge is -2.25. The van der Waals surface area contributed by atoms with Crippen molar-refractivity contribution in [3.63, 3.8) is 0 Å². The SMILES string of the molecule is CCc1cc(=O)oc2cc(OCC(=O)N3CCC(C(C)(C)O)C3)ccc12. The second-order valence-electron chi connectivity index (χ2n) is 7.37. The summed E-state index contributed by atoms with van der Waals surface area (Å²) in [4.78, 5) is 25.7. The maximum absolute atomic E-state index is 12.4. The van der Waals surface area contributed by atoms with Crippen molar-refractivity contribution >= 4 is 16.9 Å². The number of ether oxygens (including phenoxy) is 1. The zero-order valence-electron chi connectivity index (χ0n) is 15.4. The molecule has 1 fully saturated rings. The van der Waals surface area contributed by atoms with Crippen LogP contribution in [-0.2, 0) is 11.2 Å². The number of carbonyl (C=O) groups is 1. The molecule has 3 rings (SSSR count). The summed E-state index contributed by atoms with van der Waals surface area (Å²) in [6.45, 7) is 6.61. The van der Waals surface area contributed by atoms with Crippen LogP contribution in [0, 0.1) is 5.92 Å². The molecule has 2 aromatic rings. The summed E-state index contributed by atoms with van der Waals surface area (Å²) >= 11 is 0. The number of rotatable bonds is 5. The van der Waals surface area contributed by atoms with Gasteiger partial charge in [0.05, 0.1) is 5.60 Å². The molecule has 1 aliphatic rings. The van der Waals surface area contributed by atoms with Crippen molar-refractivity contribution in [2.45, 2.75) is 39.2 Å². The van der Waals surface area contributed by atoms with E-state index in [1.54, 1.807) is 30.9 Å². The highest BCUT2D eigenvalue weighted by atomic mass is 16.5. The normalized spacial score (nSPS) is 17.7. The van der Waals surface area contributed by atoms with E-state index in [1.165, 1.54) is 6.07 Å². The fraction of sp³-hybridized carbons (Fsp3) is 0.500. The third kappa shape index (κ3) is 3.90. The molecular formula is C20H25NO5. The monoisotopic (exact) mass is 359 g/mol. The molecule has 1 N–H and O–H groups in total. The van der Waals surface area contributed by atoms with Crippen LogP contribution in [0.25, 0.3) is 11.0 Å². The van der Waals surface area contributed by atoms with E-state index in [4.69, 9.17) is 9.15 Å². The minimum atomic E-state index is -0.789. The lowest BCUT2D eigenvalue weighted by molar-refractivity contribution is -0.132. The molecule has 0 spiro atoms. The number of nitrogens with zero attached hydrogens (tertiary/aromatic N) is 1. The Kier molecular flexibility index (Phi) is 5.05. The summed E-state index contributed by atoms with van der Waals surface area (Å²) in [5.74, 6) is 0.454. The number of amides is 1. The topological polar surface area (TPSA) is 80.0 Å². The van der Waals surface area contributed by atoms with Crippen molar-refractivity contribution in [1.82, 2.24) is 4.90 Å². The van der Waals surface area contributed by atoms with Gasteiger partial charge in [-0.15, -0.1) is 0 Å². The van der Waals surface area contributed by atoms with Crippen molar-refractivity contribution in [2.24, 2.45) is 5.92 Å². The summed E-state index contributed by atoms with van der Waals surface area (Å²) in [6.07, 6.45) is 1.52. The summed E-state index contributed by atoms with van der Waals surface area (Å²) in [7, 11) is 0. The highest BCUT2D eigenvalue weighted by Gasteiger charge is 2.35. The third-order valence-corrected chi connectivity index (χ3v) is 5.08. The van der Waals surface area contributed by atoms with Crippen LogP contribution in [0.3, 0.4) is 0 Å². The smallest absolute Gasteiger partial charge is 0.336 e. The van der Waals surface area contributed by atoms with E-state index in [1.807, 2.05) is 13.0 Å². The van der Waals surface area contributed by atoms with E-state index in [0.29, 0.717) is 24.4 Å². The van der Waals surface area contributed by atoms with Crippen LogP contribution in [0.4, 0.5) is 0 Å². The Hall–Kier alpha value is -2.34. The van der Waals surface area contributed by atoms with Gasteiger partial charge in [0.15, 0.2) is 6.61 Å². The van der Waals surface area contributed by atoms with E-state index in [2.05, 4.69) is 0 Å². The third-order valence-electron chi connectivity index (χ3n) is 5.08. The van der Waals surface area contributed by atoms with Gasteiger partial charge in [0.1, 0.15) is 11.3 Å². The van der Waals surface area contributed by atoms with Crippen LogP contribution in [-0.4, -0.2) is 41.2 Å². The number of likely N-dealkylation sites (tertiary alicyclic amines) is 1. The average molecular weight is 359 g/mol. The van der Waals surface area contributed by atoms with Crippen LogP contribution >= 0.6 is 0 Å².